The van der Waals surface area contributed by atoms with Crippen LogP contribution in [0.5, 0.6) is 0 Å². The van der Waals surface area contributed by atoms with Gasteiger partial charge in [-0.3, -0.25) is 0 Å². The summed E-state index contributed by atoms with van der Waals surface area (Å²) >= 11 is 0. The van der Waals surface area contributed by atoms with E-state index in [1.54, 1.807) is 0 Å². The van der Waals surface area contributed by atoms with E-state index in [1.807, 2.05) is 0 Å². The summed E-state index contributed by atoms with van der Waals surface area (Å²) in [6.45, 7) is 6.85. The van der Waals surface area contributed by atoms with Crippen LogP contribution in [0.15, 0.2) is 0 Å². The predicted molar refractivity (Wildman–Crippen MR) is 55.2 cm³/mol. The molecular formula is C11H21NO2. The fourth-order valence-electron chi connectivity index (χ4n) is 2.63. The van der Waals surface area contributed by atoms with E-state index in [9.17, 15) is 0 Å². The second-order valence-electron chi connectivity index (χ2n) is 4.63. The standard InChI is InChI=1S/C11H21NO2/c1-2-11-10(3-4-14-11)7-12-5-9(6-12)8-13/h9-11,13H,2-8H2,1H3. The van der Waals surface area contributed by atoms with Gasteiger partial charge in [0.25, 0.3) is 0 Å². The fourth-order valence-corrected chi connectivity index (χ4v) is 2.63. The SMILES string of the molecule is CCC1OCCC1CN1CC(CO)C1. The molecule has 0 aromatic heterocycles. The molecular weight excluding hydrogens is 178 g/mol. The van der Waals surface area contributed by atoms with Crippen molar-refractivity contribution in [3.63, 3.8) is 0 Å². The zero-order valence-electron chi connectivity index (χ0n) is 8.98. The molecule has 2 heterocycles. The van der Waals surface area contributed by atoms with Gasteiger partial charge in [0.05, 0.1) is 6.10 Å². The smallest absolute Gasteiger partial charge is 0.0613 e. The lowest BCUT2D eigenvalue weighted by molar-refractivity contribution is 0.0223. The summed E-state index contributed by atoms with van der Waals surface area (Å²) in [6.07, 6.45) is 2.85. The van der Waals surface area contributed by atoms with Crippen molar-refractivity contribution >= 4 is 0 Å². The van der Waals surface area contributed by atoms with Crippen LogP contribution in [0, 0.1) is 11.8 Å². The minimum atomic E-state index is 0.356. The summed E-state index contributed by atoms with van der Waals surface area (Å²) in [4.78, 5) is 2.45. The summed E-state index contributed by atoms with van der Waals surface area (Å²) in [5, 5.41) is 8.91. The summed E-state index contributed by atoms with van der Waals surface area (Å²) in [6, 6.07) is 0. The highest BCUT2D eigenvalue weighted by Gasteiger charge is 2.33. The number of likely N-dealkylation sites (tertiary alicyclic amines) is 1. The van der Waals surface area contributed by atoms with Gasteiger partial charge in [0.1, 0.15) is 0 Å². The molecule has 82 valence electrons. The molecule has 0 aromatic rings. The van der Waals surface area contributed by atoms with Crippen molar-refractivity contribution in [3.05, 3.63) is 0 Å². The van der Waals surface area contributed by atoms with Gasteiger partial charge in [-0.15, -0.1) is 0 Å². The molecule has 2 aliphatic rings. The topological polar surface area (TPSA) is 32.7 Å². The van der Waals surface area contributed by atoms with Gasteiger partial charge in [0, 0.05) is 38.8 Å². The molecule has 0 aliphatic carbocycles. The minimum Gasteiger partial charge on any atom is -0.396 e. The number of rotatable bonds is 4. The van der Waals surface area contributed by atoms with Crippen LogP contribution in [0.1, 0.15) is 19.8 Å². The molecule has 0 aromatic carbocycles. The Hall–Kier alpha value is -0.120. The molecule has 0 saturated carbocycles. The Balaban J connectivity index is 1.70. The molecule has 0 radical (unpaired) electrons. The number of ether oxygens (including phenoxy) is 1. The number of hydrogen-bond donors (Lipinski definition) is 1. The van der Waals surface area contributed by atoms with Crippen molar-refractivity contribution in [2.24, 2.45) is 11.8 Å². The van der Waals surface area contributed by atoms with Gasteiger partial charge in [-0.25, -0.2) is 0 Å². The summed E-state index contributed by atoms with van der Waals surface area (Å²) < 4.78 is 5.66. The Morgan fingerprint density at radius 1 is 1.43 bits per heavy atom. The molecule has 2 saturated heterocycles. The Bertz CT molecular complexity index is 180. The van der Waals surface area contributed by atoms with Gasteiger partial charge in [0.15, 0.2) is 0 Å². The maximum absolute atomic E-state index is 8.91. The Morgan fingerprint density at radius 2 is 2.21 bits per heavy atom. The number of hydrogen-bond acceptors (Lipinski definition) is 3. The lowest BCUT2D eigenvalue weighted by Gasteiger charge is -2.40. The van der Waals surface area contributed by atoms with Crippen LogP contribution in [0.3, 0.4) is 0 Å². The van der Waals surface area contributed by atoms with Crippen LogP contribution in [0.4, 0.5) is 0 Å². The fraction of sp³-hybridized carbons (Fsp3) is 1.00. The molecule has 2 atom stereocenters. The highest BCUT2D eigenvalue weighted by Crippen LogP contribution is 2.26. The molecule has 0 amide bonds. The van der Waals surface area contributed by atoms with Crippen LogP contribution < -0.4 is 0 Å². The van der Waals surface area contributed by atoms with E-state index in [0.29, 0.717) is 18.6 Å². The summed E-state index contributed by atoms with van der Waals surface area (Å²) in [7, 11) is 0. The lowest BCUT2D eigenvalue weighted by atomic mass is 9.94. The van der Waals surface area contributed by atoms with Crippen LogP contribution in [-0.2, 0) is 4.74 Å². The van der Waals surface area contributed by atoms with Crippen molar-refractivity contribution in [2.75, 3.05) is 32.8 Å². The Kier molecular flexibility index (Phi) is 3.42. The van der Waals surface area contributed by atoms with Gasteiger partial charge in [-0.2, -0.15) is 0 Å². The van der Waals surface area contributed by atoms with E-state index in [4.69, 9.17) is 9.84 Å². The number of aliphatic hydroxyl groups is 1. The summed E-state index contributed by atoms with van der Waals surface area (Å²) in [5.74, 6) is 1.28. The summed E-state index contributed by atoms with van der Waals surface area (Å²) in [5.41, 5.74) is 0. The third-order valence-electron chi connectivity index (χ3n) is 3.53. The number of nitrogens with zero attached hydrogens (tertiary/aromatic N) is 1. The molecule has 14 heavy (non-hydrogen) atoms. The molecule has 2 aliphatic heterocycles. The third kappa shape index (κ3) is 2.10. The molecule has 2 rings (SSSR count). The Morgan fingerprint density at radius 3 is 2.86 bits per heavy atom. The molecule has 0 spiro atoms. The number of aliphatic hydroxyl groups excluding tert-OH is 1. The van der Waals surface area contributed by atoms with Gasteiger partial charge in [-0.1, -0.05) is 6.92 Å². The highest BCUT2D eigenvalue weighted by molar-refractivity contribution is 4.84. The quantitative estimate of drug-likeness (QED) is 0.724. The van der Waals surface area contributed by atoms with E-state index in [0.717, 1.165) is 32.0 Å². The van der Waals surface area contributed by atoms with Crippen molar-refractivity contribution < 1.29 is 9.84 Å². The first-order valence-corrected chi connectivity index (χ1v) is 5.78. The van der Waals surface area contributed by atoms with Gasteiger partial charge in [0.2, 0.25) is 0 Å². The van der Waals surface area contributed by atoms with Gasteiger partial charge in [-0.05, 0) is 18.8 Å². The molecule has 2 unspecified atom stereocenters. The van der Waals surface area contributed by atoms with Crippen molar-refractivity contribution in [2.45, 2.75) is 25.9 Å². The first kappa shape index (κ1) is 10.4. The monoisotopic (exact) mass is 199 g/mol. The molecule has 2 fully saturated rings. The van der Waals surface area contributed by atoms with E-state index < -0.39 is 0 Å². The zero-order valence-corrected chi connectivity index (χ0v) is 8.98. The molecule has 1 N–H and O–H groups in total. The first-order chi connectivity index (χ1) is 6.83. The second kappa shape index (κ2) is 4.60. The van der Waals surface area contributed by atoms with Crippen LogP contribution in [-0.4, -0.2) is 49.0 Å². The average molecular weight is 199 g/mol. The average Bonchev–Trinajstić information content (AvgIpc) is 2.57. The Labute approximate surface area is 86.0 Å². The first-order valence-electron chi connectivity index (χ1n) is 5.78. The van der Waals surface area contributed by atoms with Crippen molar-refractivity contribution in [3.8, 4) is 0 Å². The highest BCUT2D eigenvalue weighted by atomic mass is 16.5. The second-order valence-corrected chi connectivity index (χ2v) is 4.63. The molecule has 3 heteroatoms. The van der Waals surface area contributed by atoms with E-state index in [1.165, 1.54) is 13.0 Å². The van der Waals surface area contributed by atoms with Crippen molar-refractivity contribution in [1.82, 2.24) is 4.90 Å². The molecule has 0 bridgehead atoms. The van der Waals surface area contributed by atoms with Gasteiger partial charge >= 0.3 is 0 Å². The van der Waals surface area contributed by atoms with Crippen molar-refractivity contribution in [1.29, 1.82) is 0 Å². The van der Waals surface area contributed by atoms with Crippen LogP contribution in [0.25, 0.3) is 0 Å². The molecule has 3 nitrogen and oxygen atoms in total. The van der Waals surface area contributed by atoms with E-state index >= 15 is 0 Å². The minimum absolute atomic E-state index is 0.356. The maximum atomic E-state index is 8.91. The lowest BCUT2D eigenvalue weighted by Crippen LogP contribution is -2.50. The van der Waals surface area contributed by atoms with Crippen LogP contribution >= 0.6 is 0 Å². The van der Waals surface area contributed by atoms with Gasteiger partial charge < -0.3 is 14.7 Å². The largest absolute Gasteiger partial charge is 0.396 e. The normalized spacial score (nSPS) is 34.7. The third-order valence-corrected chi connectivity index (χ3v) is 3.53. The zero-order chi connectivity index (χ0) is 9.97. The maximum Gasteiger partial charge on any atom is 0.0613 e. The predicted octanol–water partition coefficient (Wildman–Crippen LogP) is 0.726. The van der Waals surface area contributed by atoms with E-state index in [-0.39, 0.29) is 0 Å². The van der Waals surface area contributed by atoms with Crippen LogP contribution in [0.2, 0.25) is 0 Å². The van der Waals surface area contributed by atoms with E-state index in [2.05, 4.69) is 11.8 Å².